The minimum atomic E-state index is -0.373. The lowest BCUT2D eigenvalue weighted by Gasteiger charge is -2.25. The predicted molar refractivity (Wildman–Crippen MR) is 132 cm³/mol. The predicted octanol–water partition coefficient (Wildman–Crippen LogP) is 3.03. The van der Waals surface area contributed by atoms with Gasteiger partial charge in [0.1, 0.15) is 18.2 Å². The molecule has 1 aliphatic heterocycles. The lowest BCUT2D eigenvalue weighted by atomic mass is 9.99. The standard InChI is InChI=1S/C25H26FN7O2/c1-14(13-34)32-4-3-18-8-24(31-33(18)12-25(32)35)30-23-7-16-5-19(21(26)6-17(16)9-29-23)20-10-28-11-22(27)15(20)2/h5-11,14,34H,3-4,12-13,27H2,1-2H3,(H,29,30,31)/t14-/m0/s1. The number of halogens is 1. The largest absolute Gasteiger partial charge is 0.397 e. The highest BCUT2D eigenvalue weighted by Gasteiger charge is 2.25. The molecule has 10 heteroatoms. The smallest absolute Gasteiger partial charge is 0.244 e. The van der Waals surface area contributed by atoms with Gasteiger partial charge in [0.25, 0.3) is 0 Å². The monoisotopic (exact) mass is 475 g/mol. The van der Waals surface area contributed by atoms with Crippen molar-refractivity contribution < 1.29 is 14.3 Å². The quantitative estimate of drug-likeness (QED) is 0.406. The minimum Gasteiger partial charge on any atom is -0.397 e. The van der Waals surface area contributed by atoms with E-state index in [9.17, 15) is 14.3 Å². The third-order valence-corrected chi connectivity index (χ3v) is 6.48. The fraction of sp³-hybridized carbons (Fsp3) is 0.280. The van der Waals surface area contributed by atoms with Gasteiger partial charge in [-0.3, -0.25) is 14.5 Å². The van der Waals surface area contributed by atoms with Gasteiger partial charge in [0, 0.05) is 53.6 Å². The second-order valence-electron chi connectivity index (χ2n) is 8.82. The summed E-state index contributed by atoms with van der Waals surface area (Å²) < 4.78 is 16.6. The number of aromatic nitrogens is 4. The summed E-state index contributed by atoms with van der Waals surface area (Å²) in [5.41, 5.74) is 9.23. The molecule has 0 bridgehead atoms. The number of carbonyl (C=O) groups is 1. The first-order chi connectivity index (χ1) is 16.8. The molecule has 1 amide bonds. The van der Waals surface area contributed by atoms with Crippen LogP contribution in [0.5, 0.6) is 0 Å². The average molecular weight is 476 g/mol. The molecule has 35 heavy (non-hydrogen) atoms. The molecule has 5 rings (SSSR count). The van der Waals surface area contributed by atoms with E-state index in [0.29, 0.717) is 46.8 Å². The summed E-state index contributed by atoms with van der Waals surface area (Å²) in [4.78, 5) is 22.8. The molecule has 9 nitrogen and oxygen atoms in total. The number of pyridine rings is 2. The van der Waals surface area contributed by atoms with Gasteiger partial charge in [-0.25, -0.2) is 9.37 Å². The molecule has 1 aliphatic rings. The van der Waals surface area contributed by atoms with Crippen LogP contribution in [-0.2, 0) is 17.8 Å². The maximum absolute atomic E-state index is 14.9. The second-order valence-corrected chi connectivity index (χ2v) is 8.82. The van der Waals surface area contributed by atoms with Crippen LogP contribution in [0.4, 0.5) is 21.7 Å². The van der Waals surface area contributed by atoms with Gasteiger partial charge in [0.15, 0.2) is 5.82 Å². The Morgan fingerprint density at radius 2 is 1.97 bits per heavy atom. The average Bonchev–Trinajstić information content (AvgIpc) is 3.13. The number of fused-ring (bicyclic) bond motifs is 2. The Bertz CT molecular complexity index is 1440. The number of anilines is 3. The van der Waals surface area contributed by atoms with E-state index in [2.05, 4.69) is 20.4 Å². The van der Waals surface area contributed by atoms with E-state index < -0.39 is 0 Å². The fourth-order valence-electron chi connectivity index (χ4n) is 4.38. The molecule has 180 valence electrons. The van der Waals surface area contributed by atoms with E-state index in [4.69, 9.17) is 5.73 Å². The van der Waals surface area contributed by atoms with Gasteiger partial charge in [-0.05, 0) is 43.0 Å². The topological polar surface area (TPSA) is 122 Å². The van der Waals surface area contributed by atoms with Gasteiger partial charge in [-0.2, -0.15) is 5.10 Å². The van der Waals surface area contributed by atoms with E-state index >= 15 is 0 Å². The molecule has 0 aliphatic carbocycles. The maximum Gasteiger partial charge on any atom is 0.244 e. The first-order valence-corrected chi connectivity index (χ1v) is 11.4. The lowest BCUT2D eigenvalue weighted by Crippen LogP contribution is -2.42. The summed E-state index contributed by atoms with van der Waals surface area (Å²) in [6, 6.07) is 6.71. The normalized spacial score (nSPS) is 14.6. The summed E-state index contributed by atoms with van der Waals surface area (Å²) in [6.45, 7) is 4.22. The molecular formula is C25H26FN7O2. The summed E-state index contributed by atoms with van der Waals surface area (Å²) in [5, 5.41) is 18.6. The number of aliphatic hydroxyl groups is 1. The van der Waals surface area contributed by atoms with Crippen LogP contribution >= 0.6 is 0 Å². The van der Waals surface area contributed by atoms with Crippen LogP contribution < -0.4 is 11.1 Å². The summed E-state index contributed by atoms with van der Waals surface area (Å²) >= 11 is 0. The molecule has 4 aromatic rings. The Labute approximate surface area is 201 Å². The van der Waals surface area contributed by atoms with Crippen LogP contribution in [0.1, 0.15) is 18.2 Å². The van der Waals surface area contributed by atoms with E-state index in [1.54, 1.807) is 34.2 Å². The van der Waals surface area contributed by atoms with Crippen LogP contribution in [0, 0.1) is 12.7 Å². The van der Waals surface area contributed by atoms with Crippen LogP contribution in [-0.4, -0.2) is 54.9 Å². The van der Waals surface area contributed by atoms with Crippen molar-refractivity contribution >= 4 is 34.0 Å². The van der Waals surface area contributed by atoms with Crippen LogP contribution in [0.15, 0.2) is 42.9 Å². The van der Waals surface area contributed by atoms with Gasteiger partial charge in [-0.1, -0.05) is 0 Å². The van der Waals surface area contributed by atoms with Crippen molar-refractivity contribution in [3.8, 4) is 11.1 Å². The molecular weight excluding hydrogens is 449 g/mol. The number of hydrogen-bond donors (Lipinski definition) is 3. The Morgan fingerprint density at radius 1 is 1.14 bits per heavy atom. The van der Waals surface area contributed by atoms with Gasteiger partial charge in [-0.15, -0.1) is 0 Å². The maximum atomic E-state index is 14.9. The molecule has 1 atom stereocenters. The van der Waals surface area contributed by atoms with Crippen LogP contribution in [0.2, 0.25) is 0 Å². The van der Waals surface area contributed by atoms with Crippen molar-refractivity contribution in [3.63, 3.8) is 0 Å². The number of nitrogens with one attached hydrogen (secondary N) is 1. The Hall–Kier alpha value is -4.05. The number of carbonyl (C=O) groups excluding carboxylic acids is 1. The Balaban J connectivity index is 1.42. The minimum absolute atomic E-state index is 0.0755. The van der Waals surface area contributed by atoms with Crippen molar-refractivity contribution in [3.05, 3.63) is 59.9 Å². The van der Waals surface area contributed by atoms with Gasteiger partial charge in [0.2, 0.25) is 5.91 Å². The first-order valence-electron chi connectivity index (χ1n) is 11.4. The number of nitrogens with zero attached hydrogens (tertiary/aromatic N) is 5. The van der Waals surface area contributed by atoms with E-state index in [-0.39, 0.29) is 30.9 Å². The van der Waals surface area contributed by atoms with E-state index in [1.165, 1.54) is 6.07 Å². The number of rotatable bonds is 5. The molecule has 1 aromatic carbocycles. The van der Waals surface area contributed by atoms with Crippen molar-refractivity contribution in [1.82, 2.24) is 24.6 Å². The molecule has 4 heterocycles. The van der Waals surface area contributed by atoms with Crippen LogP contribution in [0.3, 0.4) is 0 Å². The van der Waals surface area contributed by atoms with E-state index in [1.807, 2.05) is 26.0 Å². The van der Waals surface area contributed by atoms with Gasteiger partial charge in [0.05, 0.1) is 24.5 Å². The van der Waals surface area contributed by atoms with Crippen molar-refractivity contribution in [2.45, 2.75) is 32.9 Å². The number of nitrogen functional groups attached to an aromatic ring is 1. The lowest BCUT2D eigenvalue weighted by molar-refractivity contribution is -0.134. The van der Waals surface area contributed by atoms with Gasteiger partial charge >= 0.3 is 0 Å². The molecule has 3 aromatic heterocycles. The Kier molecular flexibility index (Phi) is 5.81. The third-order valence-electron chi connectivity index (χ3n) is 6.48. The summed E-state index contributed by atoms with van der Waals surface area (Å²) in [6.07, 6.45) is 5.40. The first kappa shape index (κ1) is 22.7. The van der Waals surface area contributed by atoms with Crippen molar-refractivity contribution in [1.29, 1.82) is 0 Å². The van der Waals surface area contributed by atoms with E-state index in [0.717, 1.165) is 16.6 Å². The highest BCUT2D eigenvalue weighted by atomic mass is 19.1. The van der Waals surface area contributed by atoms with Crippen molar-refractivity contribution in [2.24, 2.45) is 0 Å². The number of hydrogen-bond acceptors (Lipinski definition) is 7. The zero-order valence-corrected chi connectivity index (χ0v) is 19.5. The number of aliphatic hydroxyl groups excluding tert-OH is 1. The molecule has 0 fully saturated rings. The number of amides is 1. The van der Waals surface area contributed by atoms with Crippen molar-refractivity contribution in [2.75, 3.05) is 24.2 Å². The number of benzene rings is 1. The zero-order chi connectivity index (χ0) is 24.7. The zero-order valence-electron chi connectivity index (χ0n) is 19.5. The summed E-state index contributed by atoms with van der Waals surface area (Å²) in [7, 11) is 0. The highest BCUT2D eigenvalue weighted by molar-refractivity contribution is 5.90. The molecule has 0 spiro atoms. The second kappa shape index (κ2) is 8.95. The summed E-state index contributed by atoms with van der Waals surface area (Å²) in [5.74, 6) is 0.668. The third kappa shape index (κ3) is 4.28. The fourth-order valence-corrected chi connectivity index (χ4v) is 4.38. The van der Waals surface area contributed by atoms with Crippen LogP contribution in [0.25, 0.3) is 21.9 Å². The number of nitrogens with two attached hydrogens (primary N) is 1. The molecule has 4 N–H and O–H groups in total. The Morgan fingerprint density at radius 3 is 2.77 bits per heavy atom. The van der Waals surface area contributed by atoms with Gasteiger partial charge < -0.3 is 21.1 Å². The molecule has 0 saturated carbocycles. The highest BCUT2D eigenvalue weighted by Crippen LogP contribution is 2.32. The molecule has 0 radical (unpaired) electrons. The molecule has 0 unspecified atom stereocenters. The molecule has 0 saturated heterocycles. The SMILES string of the molecule is Cc1c(N)cncc1-c1cc2cc(Nc3cc4n(n3)CC(=O)N([C@@H](C)CO)CC4)ncc2cc1F.